The zero-order valence-electron chi connectivity index (χ0n) is 26.8. The average Bonchev–Trinajstić information content (AvgIpc) is 3.34. The number of nitrogens with zero attached hydrogens (tertiary/aromatic N) is 1. The normalized spacial score (nSPS) is 19.2. The van der Waals surface area contributed by atoms with E-state index >= 15 is 0 Å². The zero-order valence-corrected chi connectivity index (χ0v) is 27.8. The first-order chi connectivity index (χ1) is 20.3. The van der Waals surface area contributed by atoms with E-state index in [1.165, 1.54) is 0 Å². The lowest BCUT2D eigenvalue weighted by atomic mass is 9.92. The number of carbonyl (C=O) groups excluding carboxylic acids is 1. The monoisotopic (exact) mass is 603 g/mol. The van der Waals surface area contributed by atoms with Gasteiger partial charge in [0, 0.05) is 19.1 Å². The molecule has 6 nitrogen and oxygen atoms in total. The van der Waals surface area contributed by atoms with Crippen LogP contribution < -0.4 is 0 Å². The van der Waals surface area contributed by atoms with Crippen LogP contribution in [0.4, 0.5) is 0 Å². The Hall–Kier alpha value is -2.65. The Morgan fingerprint density at radius 3 is 1.79 bits per heavy atom. The summed E-state index contributed by atoms with van der Waals surface area (Å²) >= 11 is 0. The molecule has 3 aromatic carbocycles. The molecule has 3 aromatic rings. The summed E-state index contributed by atoms with van der Waals surface area (Å²) in [6, 6.07) is 30.3. The summed E-state index contributed by atoms with van der Waals surface area (Å²) in [6.07, 6.45) is -2.47. The number of benzene rings is 3. The molecule has 0 spiro atoms. The van der Waals surface area contributed by atoms with E-state index in [-0.39, 0.29) is 17.4 Å². The molecule has 7 heteroatoms. The highest BCUT2D eigenvalue weighted by Gasteiger charge is 2.49. The molecule has 1 heterocycles. The van der Waals surface area contributed by atoms with Gasteiger partial charge in [0.25, 0.3) is 0 Å². The molecule has 1 fully saturated rings. The number of hydrogen-bond donors (Lipinski definition) is 1. The second kappa shape index (κ2) is 14.0. The summed E-state index contributed by atoms with van der Waals surface area (Å²) in [4.78, 5) is 16.6. The van der Waals surface area contributed by atoms with Gasteiger partial charge in [0.1, 0.15) is 18.3 Å². The molecule has 0 unspecified atom stereocenters. The van der Waals surface area contributed by atoms with E-state index in [9.17, 15) is 9.90 Å². The van der Waals surface area contributed by atoms with Crippen LogP contribution in [-0.4, -0.2) is 60.9 Å². The number of aliphatic hydroxyl groups is 1. The molecule has 0 amide bonds. The summed E-state index contributed by atoms with van der Waals surface area (Å²) in [5.41, 5.74) is 3.34. The van der Waals surface area contributed by atoms with Gasteiger partial charge in [-0.05, 0) is 55.1 Å². The number of carbonyl (C=O) groups is 1. The van der Waals surface area contributed by atoms with Crippen LogP contribution in [0.25, 0.3) is 0 Å². The zero-order chi connectivity index (χ0) is 31.3. The molecule has 232 valence electrons. The van der Waals surface area contributed by atoms with Gasteiger partial charge in [-0.15, -0.1) is 0 Å². The molecule has 0 aromatic heterocycles. The van der Waals surface area contributed by atoms with Gasteiger partial charge in [-0.25, -0.2) is 0 Å². The number of ether oxygens (including phenoxy) is 2. The van der Waals surface area contributed by atoms with Crippen molar-refractivity contribution in [3.8, 4) is 0 Å². The first kappa shape index (κ1) is 33.2. The summed E-state index contributed by atoms with van der Waals surface area (Å²) in [5, 5.41) is 12.3. The lowest BCUT2D eigenvalue weighted by molar-refractivity contribution is -0.161. The molecule has 1 saturated heterocycles. The fourth-order valence-corrected chi connectivity index (χ4v) is 6.49. The Morgan fingerprint density at radius 1 is 0.907 bits per heavy atom. The number of ketones is 1. The van der Waals surface area contributed by atoms with Crippen LogP contribution in [-0.2, 0) is 38.2 Å². The minimum absolute atomic E-state index is 0.136. The second-order valence-corrected chi connectivity index (χ2v) is 18.4. The predicted octanol–water partition coefficient (Wildman–Crippen LogP) is 6.77. The van der Waals surface area contributed by atoms with Crippen LogP contribution in [0.3, 0.4) is 0 Å². The van der Waals surface area contributed by atoms with Gasteiger partial charge in [-0.1, -0.05) is 112 Å². The maximum atomic E-state index is 14.3. The average molecular weight is 604 g/mol. The van der Waals surface area contributed by atoms with Gasteiger partial charge in [-0.2, -0.15) is 0 Å². The Labute approximate surface area is 259 Å². The van der Waals surface area contributed by atoms with Gasteiger partial charge in [-0.3, -0.25) is 9.69 Å². The number of aliphatic hydroxyl groups excluding tert-OH is 1. The highest BCUT2D eigenvalue weighted by molar-refractivity contribution is 6.74. The number of rotatable bonds is 13. The van der Waals surface area contributed by atoms with Crippen LogP contribution in [0, 0.1) is 0 Å². The van der Waals surface area contributed by atoms with E-state index in [4.69, 9.17) is 13.9 Å². The highest BCUT2D eigenvalue weighted by atomic mass is 28.4. The SMILES string of the molecule is CC1(C)OC[C@@H](C(=O)[C@H](O[Si](C)(C)C(C)(C)C)[C@@H](O)[C@H](Cc2ccccc2)N(Cc2ccccc2)Cc2ccccc2)O1. The Morgan fingerprint density at radius 2 is 1.37 bits per heavy atom. The van der Waals surface area contributed by atoms with Crippen molar-refractivity contribution in [2.24, 2.45) is 0 Å². The third-order valence-electron chi connectivity index (χ3n) is 8.75. The van der Waals surface area contributed by atoms with E-state index in [1.54, 1.807) is 13.8 Å². The Bertz CT molecular complexity index is 1250. The molecule has 0 bridgehead atoms. The largest absolute Gasteiger partial charge is 0.404 e. The van der Waals surface area contributed by atoms with Crippen LogP contribution in [0.1, 0.15) is 51.3 Å². The molecule has 4 atom stereocenters. The number of Topliss-reactive ketones (excluding diaryl/α,β-unsaturated/α-hetero) is 1. The minimum Gasteiger partial charge on any atom is -0.404 e. The minimum atomic E-state index is -2.50. The van der Waals surface area contributed by atoms with Gasteiger partial charge < -0.3 is 19.0 Å². The van der Waals surface area contributed by atoms with E-state index in [1.807, 2.05) is 54.6 Å². The van der Waals surface area contributed by atoms with Crippen LogP contribution in [0.5, 0.6) is 0 Å². The fourth-order valence-electron chi connectivity index (χ4n) is 5.25. The van der Waals surface area contributed by atoms with E-state index < -0.39 is 38.5 Å². The molecule has 1 aliphatic heterocycles. The summed E-state index contributed by atoms with van der Waals surface area (Å²) in [6.45, 7) is 15.6. The summed E-state index contributed by atoms with van der Waals surface area (Å²) in [5.74, 6) is -1.14. The maximum Gasteiger partial charge on any atom is 0.194 e. The highest BCUT2D eigenvalue weighted by Crippen LogP contribution is 2.39. The number of hydrogen-bond acceptors (Lipinski definition) is 6. The predicted molar refractivity (Wildman–Crippen MR) is 174 cm³/mol. The first-order valence-electron chi connectivity index (χ1n) is 15.3. The van der Waals surface area contributed by atoms with E-state index in [2.05, 4.69) is 75.2 Å². The fraction of sp³-hybridized carbons (Fsp3) is 0.472. The maximum absolute atomic E-state index is 14.3. The Balaban J connectivity index is 1.78. The van der Waals surface area contributed by atoms with Crippen molar-refractivity contribution >= 4 is 14.1 Å². The molecular weight excluding hydrogens is 554 g/mol. The Kier molecular flexibility index (Phi) is 10.8. The first-order valence-corrected chi connectivity index (χ1v) is 18.2. The van der Waals surface area contributed by atoms with Crippen molar-refractivity contribution < 1.29 is 23.8 Å². The molecule has 4 rings (SSSR count). The van der Waals surface area contributed by atoms with Gasteiger partial charge in [0.05, 0.1) is 6.61 Å². The van der Waals surface area contributed by atoms with Crippen molar-refractivity contribution in [3.63, 3.8) is 0 Å². The standard InChI is InChI=1S/C36H49NO5Si/c1-35(2,3)43(6,7)42-34(33(39)31-26-40-36(4,5)41-31)32(38)30(23-27-17-11-8-12-18-27)37(24-28-19-13-9-14-20-28)25-29-21-15-10-16-22-29/h8-22,30-32,34,38H,23-26H2,1-7H3/t30-,31-,32-,34+/m0/s1. The van der Waals surface area contributed by atoms with Crippen molar-refractivity contribution in [1.29, 1.82) is 0 Å². The molecule has 43 heavy (non-hydrogen) atoms. The van der Waals surface area contributed by atoms with Crippen molar-refractivity contribution in [2.45, 2.75) is 102 Å². The van der Waals surface area contributed by atoms with Crippen molar-refractivity contribution in [1.82, 2.24) is 4.90 Å². The van der Waals surface area contributed by atoms with Gasteiger partial charge in [0.15, 0.2) is 19.9 Å². The molecular formula is C36H49NO5Si. The quantitative estimate of drug-likeness (QED) is 0.218. The smallest absolute Gasteiger partial charge is 0.194 e. The van der Waals surface area contributed by atoms with E-state index in [0.717, 1.165) is 16.7 Å². The van der Waals surface area contributed by atoms with Crippen molar-refractivity contribution in [3.05, 3.63) is 108 Å². The van der Waals surface area contributed by atoms with Gasteiger partial charge >= 0.3 is 0 Å². The molecule has 1 N–H and O–H groups in total. The molecule has 0 saturated carbocycles. The lowest BCUT2D eigenvalue weighted by Crippen LogP contribution is -2.58. The summed E-state index contributed by atoms with van der Waals surface area (Å²) < 4.78 is 18.7. The topological polar surface area (TPSA) is 68.2 Å². The third kappa shape index (κ3) is 8.94. The molecule has 0 radical (unpaired) electrons. The lowest BCUT2D eigenvalue weighted by Gasteiger charge is -2.43. The van der Waals surface area contributed by atoms with Crippen molar-refractivity contribution in [2.75, 3.05) is 6.61 Å². The van der Waals surface area contributed by atoms with Crippen LogP contribution in [0.2, 0.25) is 18.1 Å². The molecule has 0 aliphatic carbocycles. The van der Waals surface area contributed by atoms with E-state index in [0.29, 0.717) is 19.5 Å². The van der Waals surface area contributed by atoms with Crippen LogP contribution >= 0.6 is 0 Å². The summed E-state index contributed by atoms with van der Waals surface area (Å²) in [7, 11) is -2.50. The van der Waals surface area contributed by atoms with Crippen LogP contribution in [0.15, 0.2) is 91.0 Å². The molecule has 1 aliphatic rings. The van der Waals surface area contributed by atoms with Gasteiger partial charge in [0.2, 0.25) is 0 Å². The second-order valence-electron chi connectivity index (χ2n) is 13.6. The third-order valence-corrected chi connectivity index (χ3v) is 13.2.